The maximum absolute atomic E-state index is 12.3. The van der Waals surface area contributed by atoms with Crippen molar-refractivity contribution in [2.24, 2.45) is 0 Å². The topological polar surface area (TPSA) is 73.6 Å². The van der Waals surface area contributed by atoms with Crippen molar-refractivity contribution in [3.63, 3.8) is 0 Å². The van der Waals surface area contributed by atoms with Crippen molar-refractivity contribution < 1.29 is 18.7 Å². The van der Waals surface area contributed by atoms with E-state index in [1.807, 2.05) is 5.38 Å². The third kappa shape index (κ3) is 3.55. The first-order valence-electron chi connectivity index (χ1n) is 7.15. The predicted octanol–water partition coefficient (Wildman–Crippen LogP) is 2.15. The molecular weight excluding hydrogens is 304 g/mol. The van der Waals surface area contributed by atoms with Crippen LogP contribution in [0.25, 0.3) is 0 Å². The van der Waals surface area contributed by atoms with E-state index in [0.29, 0.717) is 31.1 Å². The molecule has 0 radical (unpaired) electrons. The Morgan fingerprint density at radius 2 is 2.50 bits per heavy atom. The van der Waals surface area contributed by atoms with E-state index in [4.69, 9.17) is 13.9 Å². The molecular formula is C15H18N2O4S. The normalized spacial score (nSPS) is 21.7. The lowest BCUT2D eigenvalue weighted by Crippen LogP contribution is -2.50. The number of thiazole rings is 1. The minimum absolute atomic E-state index is 0.0772. The zero-order valence-corrected chi connectivity index (χ0v) is 13.1. The molecule has 118 valence electrons. The Kier molecular flexibility index (Phi) is 4.87. The van der Waals surface area contributed by atoms with Crippen molar-refractivity contribution in [2.75, 3.05) is 13.2 Å². The number of aromatic nitrogens is 1. The number of carbonyl (C=O) groups is 1. The van der Waals surface area contributed by atoms with Crippen LogP contribution in [0.3, 0.4) is 0 Å². The van der Waals surface area contributed by atoms with Crippen molar-refractivity contribution in [3.05, 3.63) is 40.2 Å². The summed E-state index contributed by atoms with van der Waals surface area (Å²) in [6, 6.07) is 1.49. The summed E-state index contributed by atoms with van der Waals surface area (Å²) in [4.78, 5) is 16.5. The molecule has 1 aliphatic rings. The summed E-state index contributed by atoms with van der Waals surface area (Å²) in [6.07, 6.45) is 2.18. The molecule has 0 bridgehead atoms. The van der Waals surface area contributed by atoms with Crippen LogP contribution in [0.5, 0.6) is 0 Å². The van der Waals surface area contributed by atoms with E-state index in [-0.39, 0.29) is 18.1 Å². The fraction of sp³-hybridized carbons (Fsp3) is 0.467. The molecule has 6 nitrogen and oxygen atoms in total. The van der Waals surface area contributed by atoms with Gasteiger partial charge in [-0.25, -0.2) is 4.98 Å². The molecule has 1 fully saturated rings. The summed E-state index contributed by atoms with van der Waals surface area (Å²) in [7, 11) is 0. The summed E-state index contributed by atoms with van der Waals surface area (Å²) in [5.74, 6) is 0.443. The largest absolute Gasteiger partial charge is 0.469 e. The van der Waals surface area contributed by atoms with Crippen LogP contribution in [0.4, 0.5) is 0 Å². The summed E-state index contributed by atoms with van der Waals surface area (Å²) in [5, 5.41) is 4.94. The van der Waals surface area contributed by atoms with E-state index in [1.165, 1.54) is 6.26 Å². The highest BCUT2D eigenvalue weighted by Gasteiger charge is 2.29. The molecule has 3 rings (SSSR count). The second kappa shape index (κ2) is 7.04. The molecule has 2 aromatic heterocycles. The van der Waals surface area contributed by atoms with Gasteiger partial charge in [-0.05, 0) is 19.4 Å². The van der Waals surface area contributed by atoms with Crippen LogP contribution in [0.15, 0.2) is 27.6 Å². The molecule has 0 unspecified atom stereocenters. The first-order valence-corrected chi connectivity index (χ1v) is 8.09. The van der Waals surface area contributed by atoms with Gasteiger partial charge in [-0.2, -0.15) is 0 Å². The Hall–Kier alpha value is -1.70. The average molecular weight is 322 g/mol. The number of nitrogens with one attached hydrogen (secondary N) is 1. The molecule has 2 atom stereocenters. The first-order chi connectivity index (χ1) is 10.7. The molecule has 7 heteroatoms. The van der Waals surface area contributed by atoms with Crippen LogP contribution in [-0.4, -0.2) is 36.3 Å². The second-order valence-corrected chi connectivity index (χ2v) is 5.88. The highest BCUT2D eigenvalue weighted by Crippen LogP contribution is 2.16. The first kappa shape index (κ1) is 15.2. The summed E-state index contributed by atoms with van der Waals surface area (Å²) in [6.45, 7) is 3.30. The van der Waals surface area contributed by atoms with Crippen molar-refractivity contribution in [1.29, 1.82) is 0 Å². The zero-order chi connectivity index (χ0) is 15.4. The second-order valence-electron chi connectivity index (χ2n) is 5.16. The summed E-state index contributed by atoms with van der Waals surface area (Å²) in [5.41, 5.74) is 3.24. The molecule has 1 saturated heterocycles. The van der Waals surface area contributed by atoms with Gasteiger partial charge in [0.25, 0.3) is 5.91 Å². The van der Waals surface area contributed by atoms with Gasteiger partial charge in [0.15, 0.2) is 0 Å². The van der Waals surface area contributed by atoms with E-state index in [0.717, 1.165) is 12.1 Å². The monoisotopic (exact) mass is 322 g/mol. The number of rotatable bonds is 5. The smallest absolute Gasteiger partial charge is 0.255 e. The van der Waals surface area contributed by atoms with Crippen LogP contribution >= 0.6 is 11.3 Å². The Balaban J connectivity index is 1.60. The van der Waals surface area contributed by atoms with Gasteiger partial charge in [0.05, 0.1) is 48.4 Å². The van der Waals surface area contributed by atoms with Gasteiger partial charge in [0.2, 0.25) is 0 Å². The zero-order valence-electron chi connectivity index (χ0n) is 12.3. The maximum Gasteiger partial charge on any atom is 0.255 e. The Morgan fingerprint density at radius 1 is 1.59 bits per heavy atom. The van der Waals surface area contributed by atoms with Crippen molar-refractivity contribution in [1.82, 2.24) is 10.3 Å². The van der Waals surface area contributed by atoms with E-state index in [9.17, 15) is 4.79 Å². The van der Waals surface area contributed by atoms with Gasteiger partial charge in [-0.1, -0.05) is 0 Å². The number of amides is 1. The number of aryl methyl sites for hydroxylation is 1. The van der Waals surface area contributed by atoms with Crippen LogP contribution in [0, 0.1) is 6.92 Å². The lowest BCUT2D eigenvalue weighted by Gasteiger charge is -2.31. The quantitative estimate of drug-likeness (QED) is 0.913. The lowest BCUT2D eigenvalue weighted by molar-refractivity contribution is -0.0611. The van der Waals surface area contributed by atoms with E-state index in [1.54, 1.807) is 29.8 Å². The average Bonchev–Trinajstić information content (AvgIpc) is 3.17. The molecule has 1 aliphatic heterocycles. The molecule has 3 heterocycles. The molecule has 0 aromatic carbocycles. The van der Waals surface area contributed by atoms with Gasteiger partial charge < -0.3 is 19.2 Å². The molecule has 1 N–H and O–H groups in total. The number of furan rings is 1. The maximum atomic E-state index is 12.3. The number of carbonyl (C=O) groups excluding carboxylic acids is 1. The molecule has 1 amide bonds. The molecule has 22 heavy (non-hydrogen) atoms. The Bertz CT molecular complexity index is 611. The van der Waals surface area contributed by atoms with Gasteiger partial charge >= 0.3 is 0 Å². The lowest BCUT2D eigenvalue weighted by atomic mass is 10.1. The Labute approximate surface area is 132 Å². The minimum Gasteiger partial charge on any atom is -0.469 e. The van der Waals surface area contributed by atoms with Gasteiger partial charge in [0, 0.05) is 12.0 Å². The number of hydrogen-bond acceptors (Lipinski definition) is 6. The molecule has 0 spiro atoms. The molecule has 0 aliphatic carbocycles. The van der Waals surface area contributed by atoms with Crippen LogP contribution in [0.2, 0.25) is 0 Å². The molecule has 0 saturated carbocycles. The van der Waals surface area contributed by atoms with Gasteiger partial charge in [-0.15, -0.1) is 11.3 Å². The summed E-state index contributed by atoms with van der Waals surface area (Å²) < 4.78 is 16.5. The van der Waals surface area contributed by atoms with Crippen molar-refractivity contribution in [3.8, 4) is 0 Å². The van der Waals surface area contributed by atoms with Gasteiger partial charge in [-0.3, -0.25) is 4.79 Å². The number of ether oxygens (including phenoxy) is 2. The summed E-state index contributed by atoms with van der Waals surface area (Å²) >= 11 is 1.54. The van der Waals surface area contributed by atoms with Crippen molar-refractivity contribution in [2.45, 2.75) is 32.1 Å². The highest BCUT2D eigenvalue weighted by molar-refractivity contribution is 7.07. The third-order valence-electron chi connectivity index (χ3n) is 3.64. The predicted molar refractivity (Wildman–Crippen MR) is 80.8 cm³/mol. The number of hydrogen-bond donors (Lipinski definition) is 1. The van der Waals surface area contributed by atoms with E-state index < -0.39 is 0 Å². The standard InChI is InChI=1S/C15H18N2O4S/c1-10-12(2-5-20-10)15(18)17-13-7-19-4-3-14(13)21-6-11-8-22-9-16-11/h2,5,8-9,13-14H,3-4,6-7H2,1H3,(H,17,18)/t13-,14+/m1/s1. The van der Waals surface area contributed by atoms with Crippen LogP contribution < -0.4 is 5.32 Å². The molecule has 2 aromatic rings. The van der Waals surface area contributed by atoms with Crippen LogP contribution in [0.1, 0.15) is 28.2 Å². The Morgan fingerprint density at radius 3 is 3.23 bits per heavy atom. The SMILES string of the molecule is Cc1occc1C(=O)N[C@@H]1COCC[C@@H]1OCc1cscn1. The fourth-order valence-electron chi connectivity index (χ4n) is 2.42. The third-order valence-corrected chi connectivity index (χ3v) is 4.28. The van der Waals surface area contributed by atoms with Gasteiger partial charge in [0.1, 0.15) is 5.76 Å². The highest BCUT2D eigenvalue weighted by atomic mass is 32.1. The van der Waals surface area contributed by atoms with Crippen molar-refractivity contribution >= 4 is 17.2 Å². The van der Waals surface area contributed by atoms with Crippen LogP contribution in [-0.2, 0) is 16.1 Å². The van der Waals surface area contributed by atoms with E-state index in [2.05, 4.69) is 10.3 Å². The van der Waals surface area contributed by atoms with E-state index >= 15 is 0 Å². The minimum atomic E-state index is -0.172. The number of nitrogens with zero attached hydrogens (tertiary/aromatic N) is 1. The fourth-order valence-corrected chi connectivity index (χ4v) is 2.96.